The molecule has 0 unspecified atom stereocenters. The number of piperazine rings is 1. The van der Waals surface area contributed by atoms with Crippen LogP contribution in [0.3, 0.4) is 0 Å². The molecular formula is C26H31ClN4O4. The van der Waals surface area contributed by atoms with E-state index in [1.54, 1.807) is 35.4 Å². The second-order valence-electron chi connectivity index (χ2n) is 9.46. The highest BCUT2D eigenvalue weighted by molar-refractivity contribution is 6.34. The van der Waals surface area contributed by atoms with Gasteiger partial charge in [0.05, 0.1) is 10.6 Å². The van der Waals surface area contributed by atoms with Crippen molar-refractivity contribution in [2.45, 2.75) is 45.6 Å². The molecule has 1 amide bonds. The summed E-state index contributed by atoms with van der Waals surface area (Å²) in [5.41, 5.74) is 1.80. The van der Waals surface area contributed by atoms with Crippen molar-refractivity contribution in [1.82, 2.24) is 9.88 Å². The quantitative estimate of drug-likeness (QED) is 0.436. The number of ether oxygens (including phenoxy) is 1. The van der Waals surface area contributed by atoms with Crippen LogP contribution in [0.5, 0.6) is 0 Å². The Morgan fingerprint density at radius 1 is 1.14 bits per heavy atom. The number of amides is 1. The average molecular weight is 499 g/mol. The van der Waals surface area contributed by atoms with Gasteiger partial charge in [-0.15, -0.1) is 0 Å². The Morgan fingerprint density at radius 3 is 2.46 bits per heavy atom. The third-order valence-electron chi connectivity index (χ3n) is 5.63. The number of unbranched alkanes of at least 4 members (excludes halogenated alkanes) is 1. The maximum atomic E-state index is 12.4. The number of benzene rings is 1. The van der Waals surface area contributed by atoms with Crippen LogP contribution in [0.1, 0.15) is 56.0 Å². The van der Waals surface area contributed by atoms with E-state index in [-0.39, 0.29) is 18.5 Å². The van der Waals surface area contributed by atoms with E-state index in [1.165, 1.54) is 0 Å². The summed E-state index contributed by atoms with van der Waals surface area (Å²) in [6.07, 6.45) is 2.86. The predicted molar refractivity (Wildman–Crippen MR) is 135 cm³/mol. The number of aromatic nitrogens is 1. The zero-order valence-electron chi connectivity index (χ0n) is 20.4. The van der Waals surface area contributed by atoms with Gasteiger partial charge in [0.25, 0.3) is 0 Å². The van der Waals surface area contributed by atoms with Gasteiger partial charge in [-0.05, 0) is 57.4 Å². The molecule has 1 aliphatic rings. The molecule has 8 nitrogen and oxygen atoms in total. The zero-order chi connectivity index (χ0) is 25.6. The summed E-state index contributed by atoms with van der Waals surface area (Å²) in [6.45, 7) is 7.61. The fourth-order valence-electron chi connectivity index (χ4n) is 3.83. The lowest BCUT2D eigenvalue weighted by atomic mass is 10.00. The van der Waals surface area contributed by atoms with Gasteiger partial charge in [0.15, 0.2) is 5.78 Å². The van der Waals surface area contributed by atoms with Gasteiger partial charge in [-0.1, -0.05) is 17.7 Å². The maximum Gasteiger partial charge on any atom is 0.410 e. The molecule has 0 bridgehead atoms. The molecule has 1 aromatic carbocycles. The van der Waals surface area contributed by atoms with E-state index >= 15 is 0 Å². The normalized spacial score (nSPS) is 13.9. The standard InChI is InChI=1S/C26H31ClN4O4/c1-26(2,3)35-25(34)31-11-9-30(10-12-31)24-19(16-28)14-20(17-29-24)18-7-8-21(22(27)15-18)23(33)6-4-5-13-32/h7-8,14-15,17,32H,4-6,9-13H2,1-3H3. The average Bonchev–Trinajstić information content (AvgIpc) is 2.82. The summed E-state index contributed by atoms with van der Waals surface area (Å²) < 4.78 is 5.44. The minimum atomic E-state index is -0.548. The van der Waals surface area contributed by atoms with Gasteiger partial charge < -0.3 is 19.6 Å². The number of anilines is 1. The van der Waals surface area contributed by atoms with E-state index in [1.807, 2.05) is 25.7 Å². The second-order valence-corrected chi connectivity index (χ2v) is 9.87. The lowest BCUT2D eigenvalue weighted by Crippen LogP contribution is -2.50. The smallest absolute Gasteiger partial charge is 0.410 e. The highest BCUT2D eigenvalue weighted by Crippen LogP contribution is 2.29. The van der Waals surface area contributed by atoms with Crippen molar-refractivity contribution in [3.05, 3.63) is 46.6 Å². The Balaban J connectivity index is 1.71. The third kappa shape index (κ3) is 6.93. The molecule has 1 N–H and O–H groups in total. The van der Waals surface area contributed by atoms with E-state index in [9.17, 15) is 14.9 Å². The van der Waals surface area contributed by atoms with Crippen LogP contribution in [0.4, 0.5) is 10.6 Å². The van der Waals surface area contributed by atoms with Gasteiger partial charge in [0.2, 0.25) is 0 Å². The van der Waals surface area contributed by atoms with Crippen molar-refractivity contribution < 1.29 is 19.4 Å². The number of aliphatic hydroxyl groups is 1. The first-order chi connectivity index (χ1) is 16.6. The van der Waals surface area contributed by atoms with Crippen molar-refractivity contribution in [3.8, 4) is 17.2 Å². The molecule has 1 fully saturated rings. The molecule has 35 heavy (non-hydrogen) atoms. The number of aliphatic hydroxyl groups excluding tert-OH is 1. The molecule has 3 rings (SSSR count). The highest BCUT2D eigenvalue weighted by Gasteiger charge is 2.27. The van der Waals surface area contributed by atoms with Crippen LogP contribution in [0.15, 0.2) is 30.5 Å². The minimum Gasteiger partial charge on any atom is -0.444 e. The molecule has 0 radical (unpaired) electrons. The number of nitrogens with zero attached hydrogens (tertiary/aromatic N) is 4. The monoisotopic (exact) mass is 498 g/mol. The van der Waals surface area contributed by atoms with Crippen LogP contribution in [0.25, 0.3) is 11.1 Å². The number of ketones is 1. The Bertz CT molecular complexity index is 1120. The maximum absolute atomic E-state index is 12.4. The fourth-order valence-corrected chi connectivity index (χ4v) is 4.12. The largest absolute Gasteiger partial charge is 0.444 e. The number of carbonyl (C=O) groups excluding carboxylic acids is 2. The number of halogens is 1. The van der Waals surface area contributed by atoms with Gasteiger partial charge in [0.1, 0.15) is 17.5 Å². The van der Waals surface area contributed by atoms with Crippen molar-refractivity contribution in [3.63, 3.8) is 0 Å². The SMILES string of the molecule is CC(C)(C)OC(=O)N1CCN(c2ncc(-c3ccc(C(=O)CCCCO)c(Cl)c3)cc2C#N)CC1. The zero-order valence-corrected chi connectivity index (χ0v) is 21.1. The Labute approximate surface area is 211 Å². The molecule has 0 saturated carbocycles. The van der Waals surface area contributed by atoms with E-state index in [4.69, 9.17) is 21.4 Å². The van der Waals surface area contributed by atoms with Gasteiger partial charge >= 0.3 is 6.09 Å². The van der Waals surface area contributed by atoms with Crippen molar-refractivity contribution in [1.29, 1.82) is 5.26 Å². The van der Waals surface area contributed by atoms with Crippen molar-refractivity contribution in [2.75, 3.05) is 37.7 Å². The lowest BCUT2D eigenvalue weighted by Gasteiger charge is -2.36. The molecule has 1 aliphatic heterocycles. The van der Waals surface area contributed by atoms with Gasteiger partial charge in [-0.2, -0.15) is 5.26 Å². The minimum absolute atomic E-state index is 0.0591. The summed E-state index contributed by atoms with van der Waals surface area (Å²) in [5.74, 6) is 0.508. The van der Waals surface area contributed by atoms with E-state index in [0.717, 1.165) is 11.1 Å². The summed E-state index contributed by atoms with van der Waals surface area (Å²) in [5, 5.41) is 19.0. The summed E-state index contributed by atoms with van der Waals surface area (Å²) in [7, 11) is 0. The number of hydrogen-bond acceptors (Lipinski definition) is 7. The summed E-state index contributed by atoms with van der Waals surface area (Å²) in [6, 6.07) is 9.18. The van der Waals surface area contributed by atoms with Crippen molar-refractivity contribution >= 4 is 29.3 Å². The number of nitriles is 1. The molecule has 2 heterocycles. The van der Waals surface area contributed by atoms with E-state index in [0.29, 0.717) is 67.4 Å². The number of rotatable bonds is 7. The summed E-state index contributed by atoms with van der Waals surface area (Å²) in [4.78, 5) is 32.9. The first kappa shape index (κ1) is 26.5. The molecule has 1 aromatic heterocycles. The second kappa shape index (κ2) is 11.5. The molecule has 186 valence electrons. The van der Waals surface area contributed by atoms with Gasteiger partial charge in [-0.3, -0.25) is 4.79 Å². The van der Waals surface area contributed by atoms with Crippen LogP contribution in [-0.2, 0) is 4.74 Å². The van der Waals surface area contributed by atoms with Gasteiger partial charge in [0, 0.05) is 56.5 Å². The van der Waals surface area contributed by atoms with Crippen LogP contribution >= 0.6 is 11.6 Å². The number of pyridine rings is 1. The Hall–Kier alpha value is -3.15. The molecule has 0 atom stereocenters. The fraction of sp³-hybridized carbons (Fsp3) is 0.462. The molecule has 9 heteroatoms. The molecule has 2 aromatic rings. The number of hydrogen-bond donors (Lipinski definition) is 1. The van der Waals surface area contributed by atoms with E-state index in [2.05, 4.69) is 11.1 Å². The molecular weight excluding hydrogens is 468 g/mol. The Morgan fingerprint density at radius 2 is 1.86 bits per heavy atom. The van der Waals surface area contributed by atoms with Crippen LogP contribution in [0.2, 0.25) is 5.02 Å². The van der Waals surface area contributed by atoms with Crippen molar-refractivity contribution in [2.24, 2.45) is 0 Å². The molecule has 1 saturated heterocycles. The predicted octanol–water partition coefficient (Wildman–Crippen LogP) is 4.68. The van der Waals surface area contributed by atoms with Gasteiger partial charge in [-0.25, -0.2) is 9.78 Å². The lowest BCUT2D eigenvalue weighted by molar-refractivity contribution is 0.0240. The third-order valence-corrected chi connectivity index (χ3v) is 5.95. The van der Waals surface area contributed by atoms with Crippen LogP contribution in [-0.4, -0.2) is 65.3 Å². The first-order valence-corrected chi connectivity index (χ1v) is 12.1. The number of carbonyl (C=O) groups is 2. The molecule has 0 spiro atoms. The molecule has 0 aliphatic carbocycles. The first-order valence-electron chi connectivity index (χ1n) is 11.7. The van der Waals surface area contributed by atoms with E-state index < -0.39 is 5.60 Å². The summed E-state index contributed by atoms with van der Waals surface area (Å²) >= 11 is 6.39. The number of Topliss-reactive ketones (excluding diaryl/α,β-unsaturated/α-hetero) is 1. The highest BCUT2D eigenvalue weighted by atomic mass is 35.5. The van der Waals surface area contributed by atoms with Crippen LogP contribution in [0, 0.1) is 11.3 Å². The topological polar surface area (TPSA) is 107 Å². The Kier molecular flexibility index (Phi) is 8.71. The van der Waals surface area contributed by atoms with Crippen LogP contribution < -0.4 is 4.90 Å².